The third-order valence-electron chi connectivity index (χ3n) is 4.51. The highest BCUT2D eigenvalue weighted by Gasteiger charge is 2.07. The van der Waals surface area contributed by atoms with E-state index in [1.165, 1.54) is 5.56 Å². The van der Waals surface area contributed by atoms with E-state index in [2.05, 4.69) is 27.5 Å². The number of benzene rings is 2. The summed E-state index contributed by atoms with van der Waals surface area (Å²) in [6.07, 6.45) is 1.67. The fraction of sp³-hybridized carbons (Fsp3) is 0.333. The van der Waals surface area contributed by atoms with Crippen molar-refractivity contribution in [1.82, 2.24) is 15.6 Å². The number of aromatic nitrogens is 1. The van der Waals surface area contributed by atoms with E-state index in [9.17, 15) is 0 Å². The minimum atomic E-state index is 0.515. The van der Waals surface area contributed by atoms with E-state index in [0.717, 1.165) is 29.1 Å². The van der Waals surface area contributed by atoms with Gasteiger partial charge in [-0.2, -0.15) is 0 Å². The predicted octanol–water partition coefficient (Wildman–Crippen LogP) is 3.93. The number of nitrogens with one attached hydrogen (secondary N) is 2. The van der Waals surface area contributed by atoms with Gasteiger partial charge in [-0.3, -0.25) is 0 Å². The largest absolute Gasteiger partial charge is 0.491 e. The van der Waals surface area contributed by atoms with Crippen LogP contribution in [0.2, 0.25) is 0 Å². The molecule has 0 radical (unpaired) electrons. The molecule has 2 N–H and O–H groups in total. The summed E-state index contributed by atoms with van der Waals surface area (Å²) in [5.41, 5.74) is 4.05. The van der Waals surface area contributed by atoms with Crippen LogP contribution in [0.1, 0.15) is 23.7 Å². The number of hydrogen-bond donors (Lipinski definition) is 2. The first-order valence-corrected chi connectivity index (χ1v) is 10.4. The summed E-state index contributed by atoms with van der Waals surface area (Å²) >= 11 is 0. The second-order valence-corrected chi connectivity index (χ2v) is 7.05. The smallest absolute Gasteiger partial charge is 0.226 e. The zero-order chi connectivity index (χ0) is 21.9. The molecule has 0 amide bonds. The SMILES string of the molecule is CCNC(=NCc1cccc(OCCOC)c1)NCc1coc(-c2ccc(C)cc2)n1. The minimum absolute atomic E-state index is 0.515. The molecule has 0 aliphatic heterocycles. The standard InChI is InChI=1S/C24H30N4O3/c1-4-25-24(26-15-19-6-5-7-22(14-19)30-13-12-29-3)27-16-21-17-31-23(28-21)20-10-8-18(2)9-11-20/h5-11,14,17H,4,12-13,15-16H2,1-3H3,(H2,25,26,27). The third-order valence-corrected chi connectivity index (χ3v) is 4.51. The van der Waals surface area contributed by atoms with Gasteiger partial charge < -0.3 is 24.5 Å². The van der Waals surface area contributed by atoms with Crippen LogP contribution in [0, 0.1) is 6.92 Å². The topological polar surface area (TPSA) is 80.9 Å². The van der Waals surface area contributed by atoms with E-state index in [4.69, 9.17) is 13.9 Å². The van der Waals surface area contributed by atoms with Crippen LogP contribution in [0.25, 0.3) is 11.5 Å². The van der Waals surface area contributed by atoms with E-state index in [-0.39, 0.29) is 0 Å². The van der Waals surface area contributed by atoms with Crippen molar-refractivity contribution in [2.24, 2.45) is 4.99 Å². The summed E-state index contributed by atoms with van der Waals surface area (Å²) in [5.74, 6) is 2.14. The lowest BCUT2D eigenvalue weighted by Crippen LogP contribution is -2.36. The van der Waals surface area contributed by atoms with Crippen molar-refractivity contribution in [1.29, 1.82) is 0 Å². The molecule has 0 bridgehead atoms. The zero-order valence-electron chi connectivity index (χ0n) is 18.4. The summed E-state index contributed by atoms with van der Waals surface area (Å²) in [6.45, 7) is 6.99. The van der Waals surface area contributed by atoms with E-state index in [0.29, 0.717) is 38.2 Å². The molecule has 0 fully saturated rings. The first kappa shape index (κ1) is 22.4. The van der Waals surface area contributed by atoms with Gasteiger partial charge in [-0.25, -0.2) is 9.98 Å². The van der Waals surface area contributed by atoms with Crippen LogP contribution >= 0.6 is 0 Å². The van der Waals surface area contributed by atoms with E-state index in [1.807, 2.05) is 55.5 Å². The molecule has 3 aromatic rings. The van der Waals surface area contributed by atoms with Gasteiger partial charge in [0.15, 0.2) is 5.96 Å². The van der Waals surface area contributed by atoms with E-state index >= 15 is 0 Å². The molecule has 7 heteroatoms. The number of nitrogens with zero attached hydrogens (tertiary/aromatic N) is 2. The maximum Gasteiger partial charge on any atom is 0.226 e. The number of hydrogen-bond acceptors (Lipinski definition) is 5. The van der Waals surface area contributed by atoms with Gasteiger partial charge in [-0.15, -0.1) is 0 Å². The first-order valence-electron chi connectivity index (χ1n) is 10.4. The Kier molecular flexibility index (Phi) is 8.48. The number of aliphatic imine (C=N–C) groups is 1. The number of guanidine groups is 1. The quantitative estimate of drug-likeness (QED) is 0.293. The van der Waals surface area contributed by atoms with Crippen molar-refractivity contribution in [3.05, 3.63) is 71.6 Å². The van der Waals surface area contributed by atoms with Gasteiger partial charge >= 0.3 is 0 Å². The molecular formula is C24H30N4O3. The second-order valence-electron chi connectivity index (χ2n) is 7.05. The second kappa shape index (κ2) is 11.8. The Bertz CT molecular complexity index is 967. The van der Waals surface area contributed by atoms with Crippen LogP contribution < -0.4 is 15.4 Å². The van der Waals surface area contributed by atoms with Gasteiger partial charge in [0.05, 0.1) is 25.4 Å². The fourth-order valence-electron chi connectivity index (χ4n) is 2.88. The van der Waals surface area contributed by atoms with Crippen molar-refractivity contribution >= 4 is 5.96 Å². The molecule has 1 aromatic heterocycles. The highest BCUT2D eigenvalue weighted by molar-refractivity contribution is 5.79. The van der Waals surface area contributed by atoms with Gasteiger partial charge in [0.2, 0.25) is 5.89 Å². The van der Waals surface area contributed by atoms with Crippen molar-refractivity contribution in [3.63, 3.8) is 0 Å². The lowest BCUT2D eigenvalue weighted by molar-refractivity contribution is 0.146. The molecule has 2 aromatic carbocycles. The number of ether oxygens (including phenoxy) is 2. The normalized spacial score (nSPS) is 11.4. The number of rotatable bonds is 10. The maximum atomic E-state index is 5.67. The van der Waals surface area contributed by atoms with Crippen LogP contribution in [0.5, 0.6) is 5.75 Å². The summed E-state index contributed by atoms with van der Waals surface area (Å²) in [5, 5.41) is 6.56. The molecule has 0 aliphatic carbocycles. The molecule has 0 unspecified atom stereocenters. The lowest BCUT2D eigenvalue weighted by Gasteiger charge is -2.10. The molecule has 164 valence electrons. The molecular weight excluding hydrogens is 392 g/mol. The van der Waals surface area contributed by atoms with Crippen LogP contribution in [-0.4, -0.2) is 37.8 Å². The van der Waals surface area contributed by atoms with Crippen LogP contribution in [-0.2, 0) is 17.8 Å². The Morgan fingerprint density at radius 1 is 1.10 bits per heavy atom. The lowest BCUT2D eigenvalue weighted by atomic mass is 10.1. The average Bonchev–Trinajstić information content (AvgIpc) is 3.26. The van der Waals surface area contributed by atoms with E-state index in [1.54, 1.807) is 13.4 Å². The van der Waals surface area contributed by atoms with E-state index < -0.39 is 0 Å². The van der Waals surface area contributed by atoms with Crippen molar-refractivity contribution in [3.8, 4) is 17.2 Å². The van der Waals surface area contributed by atoms with Crippen LogP contribution in [0.15, 0.2) is 64.2 Å². The number of aryl methyl sites for hydroxylation is 1. The molecule has 0 saturated heterocycles. The average molecular weight is 423 g/mol. The van der Waals surface area contributed by atoms with Crippen LogP contribution in [0.3, 0.4) is 0 Å². The molecule has 0 atom stereocenters. The van der Waals surface area contributed by atoms with Crippen molar-refractivity contribution in [2.45, 2.75) is 26.9 Å². The highest BCUT2D eigenvalue weighted by atomic mass is 16.5. The first-order chi connectivity index (χ1) is 15.2. The highest BCUT2D eigenvalue weighted by Crippen LogP contribution is 2.19. The third kappa shape index (κ3) is 7.15. The summed E-state index contributed by atoms with van der Waals surface area (Å²) in [7, 11) is 1.66. The van der Waals surface area contributed by atoms with Gasteiger partial charge in [-0.05, 0) is 43.7 Å². The fourth-order valence-corrected chi connectivity index (χ4v) is 2.88. The molecule has 31 heavy (non-hydrogen) atoms. The predicted molar refractivity (Wildman–Crippen MR) is 122 cm³/mol. The Morgan fingerprint density at radius 3 is 2.71 bits per heavy atom. The molecule has 0 saturated carbocycles. The molecule has 1 heterocycles. The van der Waals surface area contributed by atoms with Gasteiger partial charge in [0.1, 0.15) is 18.6 Å². The molecule has 7 nitrogen and oxygen atoms in total. The zero-order valence-corrected chi connectivity index (χ0v) is 18.4. The Balaban J connectivity index is 1.58. The molecule has 3 rings (SSSR count). The van der Waals surface area contributed by atoms with Gasteiger partial charge in [-0.1, -0.05) is 29.8 Å². The Labute approximate surface area is 183 Å². The molecule has 0 spiro atoms. The summed E-state index contributed by atoms with van der Waals surface area (Å²) in [6, 6.07) is 16.0. The van der Waals surface area contributed by atoms with Gasteiger partial charge in [0, 0.05) is 19.2 Å². The minimum Gasteiger partial charge on any atom is -0.491 e. The van der Waals surface area contributed by atoms with Crippen molar-refractivity contribution < 1.29 is 13.9 Å². The number of oxazole rings is 1. The molecule has 0 aliphatic rings. The van der Waals surface area contributed by atoms with Crippen molar-refractivity contribution in [2.75, 3.05) is 26.9 Å². The number of methoxy groups -OCH3 is 1. The monoisotopic (exact) mass is 422 g/mol. The Hall–Kier alpha value is -3.32. The maximum absolute atomic E-state index is 5.67. The van der Waals surface area contributed by atoms with Crippen LogP contribution in [0.4, 0.5) is 0 Å². The summed E-state index contributed by atoms with van der Waals surface area (Å²) < 4.78 is 16.3. The Morgan fingerprint density at radius 2 is 1.94 bits per heavy atom. The van der Waals surface area contributed by atoms with Gasteiger partial charge in [0.25, 0.3) is 0 Å². The summed E-state index contributed by atoms with van der Waals surface area (Å²) in [4.78, 5) is 9.24.